The third-order valence-electron chi connectivity index (χ3n) is 15.9. The quantitative estimate of drug-likeness (QED) is 0.0205. The molecule has 0 aromatic rings. The molecule has 0 aromatic carbocycles. The zero-order valence-electron chi connectivity index (χ0n) is 55.7. The van der Waals surface area contributed by atoms with Crippen LogP contribution in [0.3, 0.4) is 0 Å². The van der Waals surface area contributed by atoms with E-state index < -0.39 is 20.0 Å². The second-order valence-electron chi connectivity index (χ2n) is 25.4. The number of carbonyl (C=O) groups is 2. The summed E-state index contributed by atoms with van der Waals surface area (Å²) in [5, 5.41) is 3.07. The summed E-state index contributed by atoms with van der Waals surface area (Å²) in [5.74, 6) is -0.495. The van der Waals surface area contributed by atoms with Crippen molar-refractivity contribution in [2.45, 2.75) is 354 Å². The van der Waals surface area contributed by atoms with E-state index in [1.165, 1.54) is 238 Å². The highest BCUT2D eigenvalue weighted by Gasteiger charge is 2.30. The third kappa shape index (κ3) is 64.0. The molecule has 0 radical (unpaired) electrons. The van der Waals surface area contributed by atoms with Crippen molar-refractivity contribution < 1.29 is 37.3 Å². The van der Waals surface area contributed by atoms with Crippen molar-refractivity contribution in [3.63, 3.8) is 0 Å². The predicted octanol–water partition coefficient (Wildman–Crippen LogP) is 22.6. The van der Waals surface area contributed by atoms with Gasteiger partial charge in [-0.15, -0.1) is 0 Å². The number of rotatable bonds is 65. The van der Waals surface area contributed by atoms with Crippen LogP contribution in [0.1, 0.15) is 342 Å². The fourth-order valence-corrected chi connectivity index (χ4v) is 11.2. The van der Waals surface area contributed by atoms with Crippen molar-refractivity contribution >= 4 is 19.7 Å². The van der Waals surface area contributed by atoms with Crippen LogP contribution >= 0.6 is 7.82 Å². The number of nitrogens with one attached hydrogen (secondary N) is 1. The summed E-state index contributed by atoms with van der Waals surface area (Å²) in [6.07, 6.45) is 80.9. The van der Waals surface area contributed by atoms with E-state index in [1.54, 1.807) is 0 Å². The van der Waals surface area contributed by atoms with Crippen LogP contribution in [-0.4, -0.2) is 74.3 Å². The molecule has 0 aromatic heterocycles. The van der Waals surface area contributed by atoms with Gasteiger partial charge in [-0.2, -0.15) is 0 Å². The maximum atomic E-state index is 13.6. The minimum atomic E-state index is -4.45. The van der Waals surface area contributed by atoms with Gasteiger partial charge in [0.2, 0.25) is 5.91 Å². The van der Waals surface area contributed by atoms with Gasteiger partial charge in [0.05, 0.1) is 33.8 Å². The molecule has 0 aliphatic rings. The molecule has 0 heterocycles. The SMILES string of the molecule is CCCCC/C=C\C/C=C\CCCCCCCCCCCCCCCCCC(=O)NC(COP(=O)(O)OCC[N+](C)(C)C)C(/C=C\CCCCCCCCCCC)OC(=O)CCCCCCCCCCCCC/C=C\C/C=C\CCCCC. The first-order valence-electron chi connectivity index (χ1n) is 35.6. The molecular weight excluding hydrogens is 1050 g/mol. The van der Waals surface area contributed by atoms with E-state index >= 15 is 0 Å². The summed E-state index contributed by atoms with van der Waals surface area (Å²) in [4.78, 5) is 37.9. The minimum absolute atomic E-state index is 0.0403. The number of hydrogen-bond donors (Lipinski definition) is 2. The maximum Gasteiger partial charge on any atom is 0.472 e. The average molecular weight is 1190 g/mol. The van der Waals surface area contributed by atoms with Crippen LogP contribution in [0.15, 0.2) is 60.8 Å². The molecule has 0 spiro atoms. The molecular formula is C73H138N2O7P+. The Balaban J connectivity index is 5.00. The molecule has 10 heteroatoms. The predicted molar refractivity (Wildman–Crippen MR) is 360 cm³/mol. The van der Waals surface area contributed by atoms with Gasteiger partial charge in [-0.05, 0) is 96.0 Å². The van der Waals surface area contributed by atoms with Gasteiger partial charge in [0, 0.05) is 12.8 Å². The molecule has 0 rings (SSSR count). The fourth-order valence-electron chi connectivity index (χ4n) is 10.4. The number of hydrogen-bond acceptors (Lipinski definition) is 6. The highest BCUT2D eigenvalue weighted by atomic mass is 31.2. The van der Waals surface area contributed by atoms with Gasteiger partial charge in [-0.1, -0.05) is 294 Å². The van der Waals surface area contributed by atoms with Crippen molar-refractivity contribution in [3.8, 4) is 0 Å². The lowest BCUT2D eigenvalue weighted by Gasteiger charge is -2.27. The van der Waals surface area contributed by atoms with Gasteiger partial charge >= 0.3 is 13.8 Å². The van der Waals surface area contributed by atoms with E-state index in [0.29, 0.717) is 23.9 Å². The maximum absolute atomic E-state index is 13.6. The van der Waals surface area contributed by atoms with Crippen LogP contribution in [-0.2, 0) is 27.9 Å². The van der Waals surface area contributed by atoms with Crippen molar-refractivity contribution in [1.29, 1.82) is 0 Å². The van der Waals surface area contributed by atoms with Gasteiger partial charge in [-0.3, -0.25) is 18.6 Å². The lowest BCUT2D eigenvalue weighted by Crippen LogP contribution is -2.47. The van der Waals surface area contributed by atoms with E-state index in [2.05, 4.69) is 74.7 Å². The number of likely N-dealkylation sites (N-methyl/N-ethyl adjacent to an activating group) is 1. The summed E-state index contributed by atoms with van der Waals surface area (Å²) >= 11 is 0. The second kappa shape index (κ2) is 62.8. The number of unbranched alkanes of at least 4 members (excludes halogenated alkanes) is 41. The minimum Gasteiger partial charge on any atom is -0.456 e. The van der Waals surface area contributed by atoms with Crippen molar-refractivity contribution in [1.82, 2.24) is 5.32 Å². The Morgan fingerprint density at radius 2 is 0.735 bits per heavy atom. The number of phosphoric acid groups is 1. The van der Waals surface area contributed by atoms with E-state index in [4.69, 9.17) is 13.8 Å². The van der Waals surface area contributed by atoms with Gasteiger partial charge in [0.1, 0.15) is 19.3 Å². The molecule has 2 N–H and O–H groups in total. The summed E-state index contributed by atoms with van der Waals surface area (Å²) in [6.45, 7) is 7.00. The molecule has 486 valence electrons. The fraction of sp³-hybridized carbons (Fsp3) is 0.836. The van der Waals surface area contributed by atoms with E-state index in [0.717, 1.165) is 70.6 Å². The van der Waals surface area contributed by atoms with Crippen LogP contribution in [0.2, 0.25) is 0 Å². The van der Waals surface area contributed by atoms with Crippen molar-refractivity contribution in [2.75, 3.05) is 40.9 Å². The molecule has 1 amide bonds. The van der Waals surface area contributed by atoms with E-state index in [-0.39, 0.29) is 25.1 Å². The first-order chi connectivity index (χ1) is 40.4. The number of allylic oxidation sites excluding steroid dienone is 9. The topological polar surface area (TPSA) is 111 Å². The molecule has 0 bridgehead atoms. The largest absolute Gasteiger partial charge is 0.472 e. The lowest BCUT2D eigenvalue weighted by molar-refractivity contribution is -0.870. The smallest absolute Gasteiger partial charge is 0.456 e. The van der Waals surface area contributed by atoms with E-state index in [9.17, 15) is 19.0 Å². The molecule has 0 saturated heterocycles. The number of nitrogens with zero attached hydrogens (tertiary/aromatic N) is 1. The van der Waals surface area contributed by atoms with Gasteiger partial charge in [-0.25, -0.2) is 4.57 Å². The Morgan fingerprint density at radius 3 is 1.11 bits per heavy atom. The van der Waals surface area contributed by atoms with E-state index in [1.807, 2.05) is 33.3 Å². The van der Waals surface area contributed by atoms with Crippen LogP contribution in [0.4, 0.5) is 0 Å². The van der Waals surface area contributed by atoms with Crippen molar-refractivity contribution in [2.24, 2.45) is 0 Å². The van der Waals surface area contributed by atoms with Gasteiger partial charge in [0.25, 0.3) is 0 Å². The van der Waals surface area contributed by atoms with Crippen LogP contribution in [0.5, 0.6) is 0 Å². The Labute approximate surface area is 515 Å². The van der Waals surface area contributed by atoms with Crippen LogP contribution < -0.4 is 5.32 Å². The number of carbonyl (C=O) groups excluding carboxylic acids is 2. The number of esters is 1. The highest BCUT2D eigenvalue weighted by Crippen LogP contribution is 2.43. The monoisotopic (exact) mass is 1190 g/mol. The van der Waals surface area contributed by atoms with Gasteiger partial charge in [0.15, 0.2) is 0 Å². The van der Waals surface area contributed by atoms with Crippen LogP contribution in [0, 0.1) is 0 Å². The summed E-state index contributed by atoms with van der Waals surface area (Å²) < 4.78 is 30.8. The summed E-state index contributed by atoms with van der Waals surface area (Å²) in [7, 11) is 1.50. The Morgan fingerprint density at radius 1 is 0.422 bits per heavy atom. The molecule has 83 heavy (non-hydrogen) atoms. The number of quaternary nitrogens is 1. The molecule has 0 aliphatic heterocycles. The van der Waals surface area contributed by atoms with Gasteiger partial charge < -0.3 is 19.4 Å². The molecule has 0 fully saturated rings. The molecule has 3 unspecified atom stereocenters. The number of ether oxygens (including phenoxy) is 1. The summed E-state index contributed by atoms with van der Waals surface area (Å²) in [5.41, 5.74) is 0. The zero-order chi connectivity index (χ0) is 60.7. The second-order valence-corrected chi connectivity index (χ2v) is 26.9. The number of phosphoric ester groups is 1. The molecule has 3 atom stereocenters. The lowest BCUT2D eigenvalue weighted by atomic mass is 10.0. The molecule has 9 nitrogen and oxygen atoms in total. The highest BCUT2D eigenvalue weighted by molar-refractivity contribution is 7.47. The molecule has 0 saturated carbocycles. The Kier molecular flexibility index (Phi) is 61.0. The first kappa shape index (κ1) is 80.7. The standard InChI is InChI=1S/C73H137N2O7P/c1-7-10-13-16-19-22-25-27-29-31-33-35-36-37-38-40-41-43-45-47-50-53-56-59-62-65-72(76)74-70(69-81-83(78,79)80-68-67-75(4,5)6)71(64-61-58-55-52-49-24-21-18-15-12-9-3)82-73(77)66-63-60-57-54-51-48-46-44-42-39-34-32-30-28-26-23-20-17-14-11-8-2/h19-20,22-23,27-30,61,64,70-71H,7-18,21,24-26,31-60,62-63,65-69H2,1-6H3,(H-,74,76,78,79)/p+1/b22-19-,23-20-,29-27-,30-28-,64-61-. The molecule has 0 aliphatic carbocycles. The number of amides is 1. The van der Waals surface area contributed by atoms with Crippen LogP contribution in [0.25, 0.3) is 0 Å². The Hall–Kier alpha value is -2.29. The Bertz CT molecular complexity index is 1600. The average Bonchev–Trinajstić information content (AvgIpc) is 3.51. The first-order valence-corrected chi connectivity index (χ1v) is 37.1. The summed E-state index contributed by atoms with van der Waals surface area (Å²) in [6, 6.07) is -0.849. The zero-order valence-corrected chi connectivity index (χ0v) is 56.6. The normalized spacial score (nSPS) is 13.9. The third-order valence-corrected chi connectivity index (χ3v) is 16.9. The van der Waals surface area contributed by atoms with Crippen molar-refractivity contribution in [3.05, 3.63) is 60.8 Å².